The van der Waals surface area contributed by atoms with Gasteiger partial charge in [0.15, 0.2) is 0 Å². The van der Waals surface area contributed by atoms with Crippen molar-refractivity contribution in [3.05, 3.63) is 54.1 Å². The number of hydrogen-bond acceptors (Lipinski definition) is 4. The van der Waals surface area contributed by atoms with Gasteiger partial charge in [0, 0.05) is 36.1 Å². The SMILES string of the molecule is CCCCCC(=O)Nc1cccc(NC(=O)CNc2cccc(C(=O)NC)c2)c1. The Balaban J connectivity index is 1.86. The number of unbranched alkanes of at least 4 members (excludes halogenated alkanes) is 2. The summed E-state index contributed by atoms with van der Waals surface area (Å²) in [7, 11) is 1.57. The van der Waals surface area contributed by atoms with Crippen molar-refractivity contribution in [1.82, 2.24) is 5.32 Å². The van der Waals surface area contributed by atoms with Crippen LogP contribution in [-0.2, 0) is 9.59 Å². The Bertz CT molecular complexity index is 851. The van der Waals surface area contributed by atoms with Crippen molar-refractivity contribution >= 4 is 34.8 Å². The minimum absolute atomic E-state index is 0.0282. The highest BCUT2D eigenvalue weighted by Crippen LogP contribution is 2.16. The molecule has 0 aliphatic rings. The monoisotopic (exact) mass is 396 g/mol. The second-order valence-electron chi connectivity index (χ2n) is 6.65. The maximum Gasteiger partial charge on any atom is 0.251 e. The summed E-state index contributed by atoms with van der Waals surface area (Å²) in [5, 5.41) is 11.2. The molecule has 0 saturated heterocycles. The molecule has 2 aromatic rings. The van der Waals surface area contributed by atoms with E-state index in [-0.39, 0.29) is 24.3 Å². The van der Waals surface area contributed by atoms with E-state index in [1.165, 1.54) is 0 Å². The van der Waals surface area contributed by atoms with Gasteiger partial charge in [-0.05, 0) is 42.8 Å². The highest BCUT2D eigenvalue weighted by molar-refractivity contribution is 5.97. The van der Waals surface area contributed by atoms with Gasteiger partial charge in [0.05, 0.1) is 6.54 Å². The molecule has 3 amide bonds. The quantitative estimate of drug-likeness (QED) is 0.461. The largest absolute Gasteiger partial charge is 0.376 e. The molecule has 29 heavy (non-hydrogen) atoms. The van der Waals surface area contributed by atoms with Crippen LogP contribution in [0.5, 0.6) is 0 Å². The maximum atomic E-state index is 12.2. The standard InChI is InChI=1S/C22H28N4O3/c1-3-4-5-12-20(27)25-18-10-7-11-19(14-18)26-21(28)15-24-17-9-6-8-16(13-17)22(29)23-2/h6-11,13-14,24H,3-5,12,15H2,1-2H3,(H,23,29)(H,25,27)(H,26,28). The Kier molecular flexibility index (Phi) is 8.69. The molecule has 0 saturated carbocycles. The summed E-state index contributed by atoms with van der Waals surface area (Å²) in [6.07, 6.45) is 3.45. The van der Waals surface area contributed by atoms with Crippen LogP contribution < -0.4 is 21.3 Å². The lowest BCUT2D eigenvalue weighted by molar-refractivity contribution is -0.116. The fourth-order valence-corrected chi connectivity index (χ4v) is 2.74. The Hall–Kier alpha value is -3.35. The van der Waals surface area contributed by atoms with Crippen molar-refractivity contribution < 1.29 is 14.4 Å². The second-order valence-corrected chi connectivity index (χ2v) is 6.65. The van der Waals surface area contributed by atoms with Crippen LogP contribution in [0.2, 0.25) is 0 Å². The Morgan fingerprint density at radius 3 is 2.17 bits per heavy atom. The normalized spacial score (nSPS) is 10.1. The number of carbonyl (C=O) groups excluding carboxylic acids is 3. The summed E-state index contributed by atoms with van der Waals surface area (Å²) in [6.45, 7) is 2.14. The van der Waals surface area contributed by atoms with Crippen LogP contribution in [0.15, 0.2) is 48.5 Å². The van der Waals surface area contributed by atoms with E-state index < -0.39 is 0 Å². The van der Waals surface area contributed by atoms with Crippen LogP contribution in [0.1, 0.15) is 43.0 Å². The van der Waals surface area contributed by atoms with Crippen LogP contribution in [0.3, 0.4) is 0 Å². The zero-order valence-corrected chi connectivity index (χ0v) is 16.9. The molecule has 2 aromatic carbocycles. The summed E-state index contributed by atoms with van der Waals surface area (Å²) in [5.74, 6) is -0.451. The third-order valence-corrected chi connectivity index (χ3v) is 4.24. The Morgan fingerprint density at radius 2 is 1.48 bits per heavy atom. The fourth-order valence-electron chi connectivity index (χ4n) is 2.74. The van der Waals surface area contributed by atoms with Crippen LogP contribution in [0, 0.1) is 0 Å². The van der Waals surface area contributed by atoms with Crippen molar-refractivity contribution in [2.45, 2.75) is 32.6 Å². The molecule has 0 atom stereocenters. The van der Waals surface area contributed by atoms with Gasteiger partial charge in [-0.25, -0.2) is 0 Å². The topological polar surface area (TPSA) is 99.3 Å². The molecule has 7 heteroatoms. The Morgan fingerprint density at radius 1 is 0.828 bits per heavy atom. The van der Waals surface area contributed by atoms with E-state index in [9.17, 15) is 14.4 Å². The van der Waals surface area contributed by atoms with Crippen molar-refractivity contribution in [1.29, 1.82) is 0 Å². The molecule has 0 aliphatic carbocycles. The molecular formula is C22H28N4O3. The first-order valence-corrected chi connectivity index (χ1v) is 9.77. The lowest BCUT2D eigenvalue weighted by Gasteiger charge is -2.10. The molecule has 7 nitrogen and oxygen atoms in total. The predicted octanol–water partition coefficient (Wildman–Crippen LogP) is 3.62. The van der Waals surface area contributed by atoms with Gasteiger partial charge in [0.2, 0.25) is 11.8 Å². The fraction of sp³-hybridized carbons (Fsp3) is 0.318. The van der Waals surface area contributed by atoms with E-state index in [2.05, 4.69) is 28.2 Å². The molecule has 0 aliphatic heterocycles. The highest BCUT2D eigenvalue weighted by Gasteiger charge is 2.07. The summed E-state index contributed by atoms with van der Waals surface area (Å²) >= 11 is 0. The molecule has 4 N–H and O–H groups in total. The van der Waals surface area contributed by atoms with Gasteiger partial charge >= 0.3 is 0 Å². The maximum absolute atomic E-state index is 12.2. The van der Waals surface area contributed by atoms with Crippen LogP contribution in [0.4, 0.5) is 17.1 Å². The number of benzene rings is 2. The summed E-state index contributed by atoms with van der Waals surface area (Å²) in [6, 6.07) is 14.0. The first kappa shape index (κ1) is 21.9. The third kappa shape index (κ3) is 7.65. The molecule has 2 rings (SSSR count). The van der Waals surface area contributed by atoms with Gasteiger partial charge < -0.3 is 21.3 Å². The number of amides is 3. The number of anilines is 3. The van der Waals surface area contributed by atoms with Crippen molar-refractivity contribution in [2.75, 3.05) is 29.5 Å². The molecule has 0 bridgehead atoms. The van der Waals surface area contributed by atoms with Gasteiger partial charge in [0.1, 0.15) is 0 Å². The van der Waals surface area contributed by atoms with Crippen LogP contribution in [-0.4, -0.2) is 31.3 Å². The molecule has 0 fully saturated rings. The van der Waals surface area contributed by atoms with E-state index in [1.54, 1.807) is 55.6 Å². The van der Waals surface area contributed by atoms with Gasteiger partial charge in [-0.2, -0.15) is 0 Å². The zero-order valence-electron chi connectivity index (χ0n) is 16.9. The number of hydrogen-bond donors (Lipinski definition) is 4. The molecule has 0 spiro atoms. The van der Waals surface area contributed by atoms with E-state index >= 15 is 0 Å². The molecule has 0 unspecified atom stereocenters. The van der Waals surface area contributed by atoms with Crippen LogP contribution in [0.25, 0.3) is 0 Å². The van der Waals surface area contributed by atoms with E-state index in [0.29, 0.717) is 29.0 Å². The molecule has 154 valence electrons. The van der Waals surface area contributed by atoms with Crippen molar-refractivity contribution in [2.24, 2.45) is 0 Å². The average molecular weight is 396 g/mol. The minimum atomic E-state index is -0.234. The van der Waals surface area contributed by atoms with Crippen LogP contribution >= 0.6 is 0 Å². The number of carbonyl (C=O) groups is 3. The van der Waals surface area contributed by atoms with Gasteiger partial charge in [-0.3, -0.25) is 14.4 Å². The lowest BCUT2D eigenvalue weighted by atomic mass is 10.2. The smallest absolute Gasteiger partial charge is 0.251 e. The predicted molar refractivity (Wildman–Crippen MR) is 116 cm³/mol. The van der Waals surface area contributed by atoms with E-state index in [1.807, 2.05) is 0 Å². The first-order valence-electron chi connectivity index (χ1n) is 9.77. The first-order chi connectivity index (χ1) is 14.0. The minimum Gasteiger partial charge on any atom is -0.376 e. The second kappa shape index (κ2) is 11.5. The third-order valence-electron chi connectivity index (χ3n) is 4.24. The van der Waals surface area contributed by atoms with E-state index in [4.69, 9.17) is 0 Å². The summed E-state index contributed by atoms with van der Waals surface area (Å²) < 4.78 is 0. The molecular weight excluding hydrogens is 368 g/mol. The van der Waals surface area contributed by atoms with Crippen molar-refractivity contribution in [3.8, 4) is 0 Å². The molecule has 0 radical (unpaired) electrons. The molecule has 0 heterocycles. The summed E-state index contributed by atoms with van der Waals surface area (Å²) in [4.78, 5) is 35.8. The number of rotatable bonds is 10. The lowest BCUT2D eigenvalue weighted by Crippen LogP contribution is -2.22. The summed E-state index contributed by atoms with van der Waals surface area (Å²) in [5.41, 5.74) is 2.44. The van der Waals surface area contributed by atoms with Gasteiger partial charge in [-0.15, -0.1) is 0 Å². The van der Waals surface area contributed by atoms with Gasteiger partial charge in [0.25, 0.3) is 5.91 Å². The number of nitrogens with one attached hydrogen (secondary N) is 4. The Labute approximate surface area is 171 Å². The highest BCUT2D eigenvalue weighted by atomic mass is 16.2. The molecule has 0 aromatic heterocycles. The average Bonchev–Trinajstić information content (AvgIpc) is 2.72. The van der Waals surface area contributed by atoms with Crippen molar-refractivity contribution in [3.63, 3.8) is 0 Å². The zero-order chi connectivity index (χ0) is 21.1. The van der Waals surface area contributed by atoms with E-state index in [0.717, 1.165) is 19.3 Å². The van der Waals surface area contributed by atoms with Gasteiger partial charge in [-0.1, -0.05) is 31.9 Å².